The highest BCUT2D eigenvalue weighted by molar-refractivity contribution is 9.10. The van der Waals surface area contributed by atoms with Crippen LogP contribution in [0.25, 0.3) is 0 Å². The largest absolute Gasteiger partial charge is 0.467 e. The van der Waals surface area contributed by atoms with E-state index in [4.69, 9.17) is 5.73 Å². The van der Waals surface area contributed by atoms with Crippen LogP contribution in [-0.2, 0) is 0 Å². The summed E-state index contributed by atoms with van der Waals surface area (Å²) in [4.78, 5) is 3.65. The minimum Gasteiger partial charge on any atom is -0.467 e. The monoisotopic (exact) mass is 270 g/mol. The third-order valence-corrected chi connectivity index (χ3v) is 1.67. The molecule has 0 saturated carbocycles. The zero-order valence-corrected chi connectivity index (χ0v) is 8.39. The molecule has 1 rings (SSSR count). The number of aromatic nitrogens is 1. The molecule has 1 aromatic rings. The minimum absolute atomic E-state index is 0.0671. The Hall–Kier alpha value is -0.980. The van der Waals surface area contributed by atoms with Crippen LogP contribution < -0.4 is 10.5 Å². The summed E-state index contributed by atoms with van der Waals surface area (Å²) in [6.45, 7) is -1.40. The number of nitrogens with two attached hydrogens (primary N) is 1. The summed E-state index contributed by atoms with van der Waals surface area (Å²) in [5.41, 5.74) is 5.41. The zero-order valence-electron chi connectivity index (χ0n) is 6.81. The van der Waals surface area contributed by atoms with Gasteiger partial charge in [0.05, 0.1) is 5.69 Å². The second-order valence-electron chi connectivity index (χ2n) is 2.43. The number of nitrogens with zero attached hydrogens (tertiary/aromatic N) is 1. The molecular weight excluding hydrogens is 265 g/mol. The van der Waals surface area contributed by atoms with Gasteiger partial charge in [-0.2, -0.15) is 13.2 Å². The smallest absolute Gasteiger partial charge is 0.422 e. The average Bonchev–Trinajstić information content (AvgIpc) is 2.05. The summed E-state index contributed by atoms with van der Waals surface area (Å²) in [6, 6.07) is 2.92. The lowest BCUT2D eigenvalue weighted by Crippen LogP contribution is -2.20. The number of anilines is 1. The van der Waals surface area contributed by atoms with Crippen molar-refractivity contribution in [2.75, 3.05) is 12.3 Å². The molecule has 1 heterocycles. The predicted molar refractivity (Wildman–Crippen MR) is 47.9 cm³/mol. The lowest BCUT2D eigenvalue weighted by Gasteiger charge is -2.09. The van der Waals surface area contributed by atoms with Crippen molar-refractivity contribution in [3.05, 3.63) is 16.7 Å². The number of rotatable bonds is 2. The molecule has 0 aliphatic carbocycles. The molecule has 0 amide bonds. The fraction of sp³-hybridized carbons (Fsp3) is 0.286. The van der Waals surface area contributed by atoms with Crippen molar-refractivity contribution in [1.82, 2.24) is 4.98 Å². The van der Waals surface area contributed by atoms with Gasteiger partial charge in [-0.1, -0.05) is 0 Å². The SMILES string of the molecule is Nc1ccc(Br)nc1OCC(F)(F)F. The first-order valence-corrected chi connectivity index (χ1v) is 4.29. The van der Waals surface area contributed by atoms with E-state index in [-0.39, 0.29) is 11.6 Å². The van der Waals surface area contributed by atoms with Crippen LogP contribution in [0.15, 0.2) is 16.7 Å². The van der Waals surface area contributed by atoms with Gasteiger partial charge in [0, 0.05) is 0 Å². The molecule has 0 atom stereocenters. The van der Waals surface area contributed by atoms with Gasteiger partial charge in [-0.25, -0.2) is 4.98 Å². The molecule has 0 aliphatic heterocycles. The molecule has 0 spiro atoms. The van der Waals surface area contributed by atoms with Gasteiger partial charge in [0.25, 0.3) is 0 Å². The Balaban J connectivity index is 2.72. The third kappa shape index (κ3) is 3.41. The molecule has 78 valence electrons. The fourth-order valence-electron chi connectivity index (χ4n) is 0.694. The number of alkyl halides is 3. The average molecular weight is 271 g/mol. The number of halogens is 4. The van der Waals surface area contributed by atoms with Gasteiger partial charge in [0.1, 0.15) is 4.60 Å². The summed E-state index contributed by atoms with van der Waals surface area (Å²) in [5, 5.41) is 0. The first kappa shape index (κ1) is 11.1. The van der Waals surface area contributed by atoms with Gasteiger partial charge in [-0.3, -0.25) is 0 Å². The molecule has 0 unspecified atom stereocenters. The van der Waals surface area contributed by atoms with Crippen molar-refractivity contribution in [2.45, 2.75) is 6.18 Å². The van der Waals surface area contributed by atoms with E-state index in [1.165, 1.54) is 12.1 Å². The molecule has 0 fully saturated rings. The second-order valence-corrected chi connectivity index (χ2v) is 3.24. The standard InChI is InChI=1S/C7H6BrF3N2O/c8-5-2-1-4(12)6(13-5)14-3-7(9,10)11/h1-2H,3,12H2. The van der Waals surface area contributed by atoms with Crippen molar-refractivity contribution in [3.8, 4) is 5.88 Å². The fourth-order valence-corrected chi connectivity index (χ4v) is 0.988. The molecule has 0 aromatic carbocycles. The van der Waals surface area contributed by atoms with Crippen LogP contribution in [-0.4, -0.2) is 17.8 Å². The van der Waals surface area contributed by atoms with Crippen LogP contribution >= 0.6 is 15.9 Å². The van der Waals surface area contributed by atoms with E-state index in [1.807, 2.05) is 0 Å². The molecule has 0 radical (unpaired) electrons. The molecular formula is C7H6BrF3N2O. The molecule has 1 aromatic heterocycles. The third-order valence-electron chi connectivity index (χ3n) is 1.23. The molecule has 7 heteroatoms. The van der Waals surface area contributed by atoms with Crippen molar-refractivity contribution < 1.29 is 17.9 Å². The summed E-state index contributed by atoms with van der Waals surface area (Å²) in [7, 11) is 0. The lowest BCUT2D eigenvalue weighted by atomic mass is 10.4. The predicted octanol–water partition coefficient (Wildman–Crippen LogP) is 2.37. The first-order valence-electron chi connectivity index (χ1n) is 3.50. The van der Waals surface area contributed by atoms with Crippen molar-refractivity contribution >= 4 is 21.6 Å². The van der Waals surface area contributed by atoms with Gasteiger partial charge < -0.3 is 10.5 Å². The van der Waals surface area contributed by atoms with Gasteiger partial charge in [0.15, 0.2) is 6.61 Å². The van der Waals surface area contributed by atoms with Crippen molar-refractivity contribution in [2.24, 2.45) is 0 Å². The molecule has 2 N–H and O–H groups in total. The lowest BCUT2D eigenvalue weighted by molar-refractivity contribution is -0.153. The molecule has 0 aliphatic rings. The Morgan fingerprint density at radius 2 is 2.07 bits per heavy atom. The van der Waals surface area contributed by atoms with Crippen LogP contribution in [0.5, 0.6) is 5.88 Å². The second kappa shape index (κ2) is 4.04. The van der Waals surface area contributed by atoms with E-state index in [1.54, 1.807) is 0 Å². The van der Waals surface area contributed by atoms with Crippen LogP contribution in [0.4, 0.5) is 18.9 Å². The number of hydrogen-bond acceptors (Lipinski definition) is 3. The van der Waals surface area contributed by atoms with E-state index in [0.29, 0.717) is 4.60 Å². The van der Waals surface area contributed by atoms with Crippen LogP contribution in [0.2, 0.25) is 0 Å². The Morgan fingerprint density at radius 3 is 2.64 bits per heavy atom. The van der Waals surface area contributed by atoms with E-state index in [2.05, 4.69) is 25.7 Å². The quantitative estimate of drug-likeness (QED) is 0.840. The highest BCUT2D eigenvalue weighted by Gasteiger charge is 2.29. The zero-order chi connectivity index (χ0) is 10.8. The van der Waals surface area contributed by atoms with Gasteiger partial charge in [-0.05, 0) is 28.1 Å². The topological polar surface area (TPSA) is 48.1 Å². The Bertz CT molecular complexity index is 329. The van der Waals surface area contributed by atoms with Crippen LogP contribution in [0.1, 0.15) is 0 Å². The van der Waals surface area contributed by atoms with E-state index in [0.717, 1.165) is 0 Å². The first-order chi connectivity index (χ1) is 6.38. The summed E-state index contributed by atoms with van der Waals surface area (Å²) in [5.74, 6) is -0.225. The van der Waals surface area contributed by atoms with Crippen molar-refractivity contribution in [3.63, 3.8) is 0 Å². The van der Waals surface area contributed by atoms with E-state index < -0.39 is 12.8 Å². The van der Waals surface area contributed by atoms with E-state index >= 15 is 0 Å². The van der Waals surface area contributed by atoms with Gasteiger partial charge in [0.2, 0.25) is 5.88 Å². The number of hydrogen-bond donors (Lipinski definition) is 1. The highest BCUT2D eigenvalue weighted by Crippen LogP contribution is 2.23. The Morgan fingerprint density at radius 1 is 1.43 bits per heavy atom. The molecule has 3 nitrogen and oxygen atoms in total. The normalized spacial score (nSPS) is 11.4. The maximum absolute atomic E-state index is 11.8. The summed E-state index contributed by atoms with van der Waals surface area (Å²) < 4.78 is 40.1. The Labute approximate surface area is 86.2 Å². The van der Waals surface area contributed by atoms with Crippen LogP contribution in [0, 0.1) is 0 Å². The van der Waals surface area contributed by atoms with Crippen molar-refractivity contribution in [1.29, 1.82) is 0 Å². The molecule has 0 bridgehead atoms. The number of nitrogen functional groups attached to an aromatic ring is 1. The van der Waals surface area contributed by atoms with Crippen LogP contribution in [0.3, 0.4) is 0 Å². The van der Waals surface area contributed by atoms with Gasteiger partial charge in [-0.15, -0.1) is 0 Å². The summed E-state index contributed by atoms with van der Waals surface area (Å²) in [6.07, 6.45) is -4.39. The maximum Gasteiger partial charge on any atom is 0.422 e. The van der Waals surface area contributed by atoms with E-state index in [9.17, 15) is 13.2 Å². The highest BCUT2D eigenvalue weighted by atomic mass is 79.9. The molecule has 0 saturated heterocycles. The molecule has 14 heavy (non-hydrogen) atoms. The Kier molecular flexibility index (Phi) is 3.20. The summed E-state index contributed by atoms with van der Waals surface area (Å²) >= 11 is 2.99. The maximum atomic E-state index is 11.8. The number of ether oxygens (including phenoxy) is 1. The minimum atomic E-state index is -4.39. The number of pyridine rings is 1. The van der Waals surface area contributed by atoms with Gasteiger partial charge >= 0.3 is 6.18 Å².